The van der Waals surface area contributed by atoms with E-state index >= 15 is 0 Å². The van der Waals surface area contributed by atoms with Gasteiger partial charge in [-0.3, -0.25) is 0 Å². The number of carbonyl (C=O) groups is 1. The third kappa shape index (κ3) is 5.71. The summed E-state index contributed by atoms with van der Waals surface area (Å²) in [7, 11) is 0. The second-order valence-electron chi connectivity index (χ2n) is 7.09. The molecule has 6 heteroatoms. The molecule has 0 aromatic carbocycles. The predicted molar refractivity (Wildman–Crippen MR) is 82.3 cm³/mol. The largest absolute Gasteiger partial charge is 0.591 e. The Labute approximate surface area is 125 Å². The van der Waals surface area contributed by atoms with Gasteiger partial charge >= 0.3 is 6.09 Å². The highest BCUT2D eigenvalue weighted by Gasteiger charge is 2.30. The van der Waals surface area contributed by atoms with Gasteiger partial charge in [-0.1, -0.05) is 4.40 Å². The molecule has 20 heavy (non-hydrogen) atoms. The second-order valence-corrected chi connectivity index (χ2v) is 9.02. The maximum absolute atomic E-state index is 11.9. The van der Waals surface area contributed by atoms with Gasteiger partial charge in [0.05, 0.1) is 6.21 Å². The number of carbonyl (C=O) groups excluding carboxylic acids is 1. The number of hydrogen-bond acceptors (Lipinski definition) is 4. The van der Waals surface area contributed by atoms with Crippen molar-refractivity contribution in [3.05, 3.63) is 0 Å². The second kappa shape index (κ2) is 6.35. The van der Waals surface area contributed by atoms with Crippen LogP contribution in [0.25, 0.3) is 0 Å². The molecule has 0 saturated carbocycles. The summed E-state index contributed by atoms with van der Waals surface area (Å²) in [5, 5.41) is 0. The van der Waals surface area contributed by atoms with Crippen LogP contribution in [0.1, 0.15) is 48.0 Å². The van der Waals surface area contributed by atoms with E-state index in [1.807, 2.05) is 41.5 Å². The first-order valence-corrected chi connectivity index (χ1v) is 8.04. The van der Waals surface area contributed by atoms with Crippen LogP contribution >= 0.6 is 0 Å². The maximum Gasteiger partial charge on any atom is 0.410 e. The molecule has 0 aromatic heterocycles. The lowest BCUT2D eigenvalue weighted by atomic mass is 10.1. The lowest BCUT2D eigenvalue weighted by Gasteiger charge is -2.24. The standard InChI is InChI=1S/C14H26N2O3S/c1-13(2,3)19-12(17)16-8-7-11(10-16)9-15-20(18)14(4,5)6/h9,11H,7-8,10H2,1-6H3/b15-9+/t11-,20+/m0/s1. The van der Waals surface area contributed by atoms with Crippen LogP contribution in [0.2, 0.25) is 0 Å². The molecule has 5 nitrogen and oxygen atoms in total. The minimum Gasteiger partial charge on any atom is -0.591 e. The zero-order valence-electron chi connectivity index (χ0n) is 13.3. The van der Waals surface area contributed by atoms with Crippen LogP contribution in [0.3, 0.4) is 0 Å². The molecule has 0 aliphatic carbocycles. The van der Waals surface area contributed by atoms with E-state index in [2.05, 4.69) is 4.40 Å². The molecule has 0 spiro atoms. The molecular weight excluding hydrogens is 276 g/mol. The van der Waals surface area contributed by atoms with Gasteiger partial charge in [0.25, 0.3) is 0 Å². The molecule has 0 bridgehead atoms. The zero-order chi connectivity index (χ0) is 15.6. The van der Waals surface area contributed by atoms with Gasteiger partial charge in [-0.15, -0.1) is 0 Å². The van der Waals surface area contributed by atoms with Crippen molar-refractivity contribution in [3.63, 3.8) is 0 Å². The zero-order valence-corrected chi connectivity index (χ0v) is 14.1. The molecule has 1 rings (SSSR count). The average molecular weight is 302 g/mol. The first kappa shape index (κ1) is 17.3. The van der Waals surface area contributed by atoms with E-state index in [0.29, 0.717) is 13.1 Å². The van der Waals surface area contributed by atoms with E-state index < -0.39 is 17.0 Å². The van der Waals surface area contributed by atoms with Crippen LogP contribution in [0.15, 0.2) is 4.40 Å². The summed E-state index contributed by atoms with van der Waals surface area (Å²) in [6.07, 6.45) is 2.28. The third-order valence-corrected chi connectivity index (χ3v) is 4.13. The minimum absolute atomic E-state index is 0.161. The number of nitrogens with zero attached hydrogens (tertiary/aromatic N) is 2. The maximum atomic E-state index is 11.9. The van der Waals surface area contributed by atoms with Crippen molar-refractivity contribution >= 4 is 23.7 Å². The molecule has 116 valence electrons. The lowest BCUT2D eigenvalue weighted by Crippen LogP contribution is -2.35. The Morgan fingerprint density at radius 1 is 1.35 bits per heavy atom. The molecule has 1 fully saturated rings. The number of ether oxygens (including phenoxy) is 1. The predicted octanol–water partition coefficient (Wildman–Crippen LogP) is 2.78. The molecule has 1 heterocycles. The normalized spacial score (nSPS) is 22.4. The molecule has 0 radical (unpaired) electrons. The van der Waals surface area contributed by atoms with Crippen LogP contribution in [0, 0.1) is 5.92 Å². The summed E-state index contributed by atoms with van der Waals surface area (Å²) in [5.74, 6) is 0.161. The van der Waals surface area contributed by atoms with Crippen LogP contribution < -0.4 is 0 Å². The van der Waals surface area contributed by atoms with Crippen LogP contribution in [0.4, 0.5) is 4.79 Å². The molecule has 1 aliphatic rings. The van der Waals surface area contributed by atoms with Crippen molar-refractivity contribution in [2.75, 3.05) is 13.1 Å². The van der Waals surface area contributed by atoms with Crippen molar-refractivity contribution < 1.29 is 14.1 Å². The topological polar surface area (TPSA) is 65.0 Å². The van der Waals surface area contributed by atoms with Gasteiger partial charge in [-0.2, -0.15) is 0 Å². The molecule has 0 aromatic rings. The van der Waals surface area contributed by atoms with Crippen molar-refractivity contribution in [2.45, 2.75) is 58.3 Å². The molecule has 1 saturated heterocycles. The molecule has 0 unspecified atom stereocenters. The van der Waals surface area contributed by atoms with E-state index in [1.54, 1.807) is 11.1 Å². The highest BCUT2D eigenvalue weighted by atomic mass is 32.2. The first-order valence-electron chi connectivity index (χ1n) is 6.93. The highest BCUT2D eigenvalue weighted by molar-refractivity contribution is 7.91. The monoisotopic (exact) mass is 302 g/mol. The Bertz CT molecular complexity index is 372. The Morgan fingerprint density at radius 3 is 2.45 bits per heavy atom. The number of rotatable bonds is 2. The lowest BCUT2D eigenvalue weighted by molar-refractivity contribution is 0.0292. The van der Waals surface area contributed by atoms with Gasteiger partial charge in [-0.25, -0.2) is 4.79 Å². The number of amides is 1. The van der Waals surface area contributed by atoms with Gasteiger partial charge in [-0.05, 0) is 48.0 Å². The van der Waals surface area contributed by atoms with E-state index in [1.165, 1.54) is 0 Å². The molecular formula is C14H26N2O3S. The van der Waals surface area contributed by atoms with Crippen molar-refractivity contribution in [3.8, 4) is 0 Å². The number of likely N-dealkylation sites (tertiary alicyclic amines) is 1. The Hall–Kier alpha value is -0.750. The number of hydrogen-bond donors (Lipinski definition) is 0. The SMILES string of the molecule is CC(C)(C)OC(=O)N1CC[C@@H](/C=N/[S@+]([O-])C(C)(C)C)C1. The Balaban J connectivity index is 2.48. The molecule has 0 N–H and O–H groups in total. The Morgan fingerprint density at radius 2 is 1.95 bits per heavy atom. The summed E-state index contributed by atoms with van der Waals surface area (Å²) >= 11 is -1.24. The van der Waals surface area contributed by atoms with Crippen LogP contribution in [-0.2, 0) is 16.1 Å². The fourth-order valence-electron chi connectivity index (χ4n) is 1.70. The van der Waals surface area contributed by atoms with Gasteiger partial charge in [0.1, 0.15) is 21.7 Å². The first-order chi connectivity index (χ1) is 8.99. The molecule has 1 aliphatic heterocycles. The third-order valence-electron chi connectivity index (χ3n) is 2.77. The summed E-state index contributed by atoms with van der Waals surface area (Å²) < 4.78 is 20.9. The Kier molecular flexibility index (Phi) is 5.49. The van der Waals surface area contributed by atoms with Crippen molar-refractivity contribution in [1.82, 2.24) is 4.90 Å². The molecule has 1 amide bonds. The average Bonchev–Trinajstić information content (AvgIpc) is 2.70. The van der Waals surface area contributed by atoms with Crippen LogP contribution in [0.5, 0.6) is 0 Å². The van der Waals surface area contributed by atoms with E-state index in [4.69, 9.17) is 4.74 Å². The molecule has 2 atom stereocenters. The van der Waals surface area contributed by atoms with E-state index in [-0.39, 0.29) is 16.8 Å². The smallest absolute Gasteiger partial charge is 0.410 e. The van der Waals surface area contributed by atoms with Gasteiger partial charge in [0.2, 0.25) is 0 Å². The fraction of sp³-hybridized carbons (Fsp3) is 0.857. The summed E-state index contributed by atoms with van der Waals surface area (Å²) in [5.41, 5.74) is -0.475. The van der Waals surface area contributed by atoms with Crippen molar-refractivity contribution in [1.29, 1.82) is 0 Å². The minimum atomic E-state index is -1.24. The fourth-order valence-corrected chi connectivity index (χ4v) is 2.30. The van der Waals surface area contributed by atoms with Gasteiger partial charge in [0, 0.05) is 19.0 Å². The van der Waals surface area contributed by atoms with E-state index in [0.717, 1.165) is 6.42 Å². The summed E-state index contributed by atoms with van der Waals surface area (Å²) in [4.78, 5) is 13.6. The van der Waals surface area contributed by atoms with Crippen molar-refractivity contribution in [2.24, 2.45) is 10.3 Å². The van der Waals surface area contributed by atoms with E-state index in [9.17, 15) is 9.35 Å². The van der Waals surface area contributed by atoms with Gasteiger partial charge < -0.3 is 14.2 Å². The van der Waals surface area contributed by atoms with Gasteiger partial charge in [0.15, 0.2) is 0 Å². The summed E-state index contributed by atoms with van der Waals surface area (Å²) in [6, 6.07) is 0. The highest BCUT2D eigenvalue weighted by Crippen LogP contribution is 2.20. The van der Waals surface area contributed by atoms with Crippen LogP contribution in [-0.4, -0.2) is 45.2 Å². The summed E-state index contributed by atoms with van der Waals surface area (Å²) in [6.45, 7) is 12.5. The quantitative estimate of drug-likeness (QED) is 0.582.